The van der Waals surface area contributed by atoms with Crippen LogP contribution in [0.3, 0.4) is 0 Å². The number of fused-ring (bicyclic) bond motifs is 3. The first-order chi connectivity index (χ1) is 10.6. The Morgan fingerprint density at radius 2 is 1.82 bits per heavy atom. The number of aromatic nitrogens is 2. The minimum absolute atomic E-state index is 0.986. The van der Waals surface area contributed by atoms with Crippen LogP contribution in [0.4, 0.5) is 0 Å². The average molecular weight is 287 g/mol. The van der Waals surface area contributed by atoms with E-state index in [0.717, 1.165) is 6.42 Å². The molecule has 4 rings (SSSR count). The monoisotopic (exact) mass is 287 g/mol. The molecule has 0 unspecified atom stereocenters. The van der Waals surface area contributed by atoms with Crippen LogP contribution < -0.4 is 4.57 Å². The lowest BCUT2D eigenvalue weighted by Gasteiger charge is -2.08. The smallest absolute Gasteiger partial charge is 0.213 e. The Morgan fingerprint density at radius 3 is 2.68 bits per heavy atom. The summed E-state index contributed by atoms with van der Waals surface area (Å²) in [5.74, 6) is 0. The van der Waals surface area contributed by atoms with Crippen molar-refractivity contribution in [2.24, 2.45) is 7.05 Å². The van der Waals surface area contributed by atoms with Gasteiger partial charge in [-0.3, -0.25) is 4.98 Å². The van der Waals surface area contributed by atoms with Gasteiger partial charge in [-0.15, -0.1) is 0 Å². The second-order valence-corrected chi connectivity index (χ2v) is 6.24. The first-order valence-electron chi connectivity index (χ1n) is 7.67. The van der Waals surface area contributed by atoms with Crippen LogP contribution in [0.25, 0.3) is 22.4 Å². The topological polar surface area (TPSA) is 16.8 Å². The highest BCUT2D eigenvalue weighted by Gasteiger charge is 2.24. The van der Waals surface area contributed by atoms with E-state index in [1.807, 2.05) is 12.4 Å². The van der Waals surface area contributed by atoms with E-state index in [9.17, 15) is 0 Å². The summed E-state index contributed by atoms with van der Waals surface area (Å²) in [6.45, 7) is 4.33. The van der Waals surface area contributed by atoms with Crippen LogP contribution in [0.15, 0.2) is 48.9 Å². The highest BCUT2D eigenvalue weighted by molar-refractivity contribution is 5.78. The second kappa shape index (κ2) is 4.77. The Labute approximate surface area is 131 Å². The molecule has 1 aromatic carbocycles. The molecule has 0 saturated carbocycles. The molecule has 2 heterocycles. The van der Waals surface area contributed by atoms with Gasteiger partial charge in [0.05, 0.1) is 0 Å². The first-order valence-corrected chi connectivity index (χ1v) is 7.67. The highest BCUT2D eigenvalue weighted by Crippen LogP contribution is 2.37. The van der Waals surface area contributed by atoms with E-state index in [0.29, 0.717) is 0 Å². The summed E-state index contributed by atoms with van der Waals surface area (Å²) in [6.07, 6.45) is 7.14. The maximum atomic E-state index is 4.26. The normalized spacial score (nSPS) is 12.1. The van der Waals surface area contributed by atoms with Gasteiger partial charge < -0.3 is 0 Å². The van der Waals surface area contributed by atoms with Gasteiger partial charge in [0.25, 0.3) is 0 Å². The maximum absolute atomic E-state index is 4.26. The lowest BCUT2D eigenvalue weighted by Crippen LogP contribution is -2.31. The molecule has 0 bridgehead atoms. The standard InChI is InChI=1S/C20H19N2/c1-13-4-5-14(2)18(8-13)20-10-19-16(12-22(20)3)9-15-11-21-7-6-17(15)19/h4-8,10-12H,9H2,1-3H3/q+1. The Kier molecular flexibility index (Phi) is 2.86. The van der Waals surface area contributed by atoms with E-state index in [1.54, 1.807) is 0 Å². The minimum Gasteiger partial charge on any atom is -0.264 e. The fourth-order valence-corrected chi connectivity index (χ4v) is 3.41. The Morgan fingerprint density at radius 1 is 0.955 bits per heavy atom. The molecule has 1 aliphatic carbocycles. The van der Waals surface area contributed by atoms with Crippen LogP contribution in [-0.4, -0.2) is 4.98 Å². The van der Waals surface area contributed by atoms with E-state index in [4.69, 9.17) is 0 Å². The zero-order chi connectivity index (χ0) is 15.3. The minimum atomic E-state index is 0.986. The fraction of sp³-hybridized carbons (Fsp3) is 0.200. The van der Waals surface area contributed by atoms with Crippen LogP contribution in [0.1, 0.15) is 22.3 Å². The summed E-state index contributed by atoms with van der Waals surface area (Å²) in [6, 6.07) is 11.1. The molecule has 22 heavy (non-hydrogen) atoms. The number of aryl methyl sites for hydroxylation is 3. The summed E-state index contributed by atoms with van der Waals surface area (Å²) < 4.78 is 2.25. The largest absolute Gasteiger partial charge is 0.264 e. The molecule has 3 aromatic rings. The van der Waals surface area contributed by atoms with E-state index in [1.165, 1.54) is 44.6 Å². The van der Waals surface area contributed by atoms with Gasteiger partial charge in [-0.2, -0.15) is 0 Å². The Balaban J connectivity index is 1.96. The molecular formula is C20H19N2+. The zero-order valence-electron chi connectivity index (χ0n) is 13.2. The first kappa shape index (κ1) is 13.2. The number of nitrogens with zero attached hydrogens (tertiary/aromatic N) is 2. The maximum Gasteiger partial charge on any atom is 0.213 e. The van der Waals surface area contributed by atoms with Crippen molar-refractivity contribution >= 4 is 0 Å². The van der Waals surface area contributed by atoms with Gasteiger partial charge in [-0.25, -0.2) is 4.57 Å². The van der Waals surface area contributed by atoms with E-state index in [-0.39, 0.29) is 0 Å². The number of pyridine rings is 2. The number of benzene rings is 1. The van der Waals surface area contributed by atoms with Gasteiger partial charge in [-0.1, -0.05) is 17.7 Å². The Hall–Kier alpha value is -2.48. The van der Waals surface area contributed by atoms with Gasteiger partial charge in [0, 0.05) is 36.0 Å². The fourth-order valence-electron chi connectivity index (χ4n) is 3.41. The molecule has 2 aromatic heterocycles. The van der Waals surface area contributed by atoms with Crippen molar-refractivity contribution in [1.82, 2.24) is 4.98 Å². The molecule has 0 radical (unpaired) electrons. The van der Waals surface area contributed by atoms with Crippen molar-refractivity contribution in [3.05, 3.63) is 71.2 Å². The molecule has 0 atom stereocenters. The molecular weight excluding hydrogens is 268 g/mol. The second-order valence-electron chi connectivity index (χ2n) is 6.24. The summed E-state index contributed by atoms with van der Waals surface area (Å²) >= 11 is 0. The van der Waals surface area contributed by atoms with E-state index < -0.39 is 0 Å². The highest BCUT2D eigenvalue weighted by atomic mass is 14.9. The Bertz CT molecular complexity index is 894. The van der Waals surface area contributed by atoms with Crippen molar-refractivity contribution in [2.45, 2.75) is 20.3 Å². The molecule has 0 spiro atoms. The van der Waals surface area contributed by atoms with Gasteiger partial charge >= 0.3 is 0 Å². The van der Waals surface area contributed by atoms with E-state index in [2.05, 4.69) is 67.0 Å². The predicted molar refractivity (Wildman–Crippen MR) is 88.6 cm³/mol. The van der Waals surface area contributed by atoms with Crippen molar-refractivity contribution < 1.29 is 4.57 Å². The molecule has 0 amide bonds. The lowest BCUT2D eigenvalue weighted by atomic mass is 9.99. The van der Waals surface area contributed by atoms with Crippen LogP contribution in [0.5, 0.6) is 0 Å². The average Bonchev–Trinajstić information content (AvgIpc) is 2.86. The summed E-state index contributed by atoms with van der Waals surface area (Å²) in [5, 5.41) is 0. The third-order valence-corrected chi connectivity index (χ3v) is 4.60. The van der Waals surface area contributed by atoms with Crippen LogP contribution in [-0.2, 0) is 13.5 Å². The zero-order valence-corrected chi connectivity index (χ0v) is 13.2. The van der Waals surface area contributed by atoms with Gasteiger partial charge in [0.15, 0.2) is 6.20 Å². The van der Waals surface area contributed by atoms with Crippen molar-refractivity contribution in [3.63, 3.8) is 0 Å². The van der Waals surface area contributed by atoms with Gasteiger partial charge in [-0.05, 0) is 48.2 Å². The number of hydrogen-bond acceptors (Lipinski definition) is 1. The molecule has 2 heteroatoms. The molecule has 1 aliphatic rings. The number of hydrogen-bond donors (Lipinski definition) is 0. The molecule has 0 aliphatic heterocycles. The molecule has 0 N–H and O–H groups in total. The van der Waals surface area contributed by atoms with Gasteiger partial charge in [0.1, 0.15) is 7.05 Å². The van der Waals surface area contributed by atoms with Crippen LogP contribution in [0.2, 0.25) is 0 Å². The molecule has 2 nitrogen and oxygen atoms in total. The third-order valence-electron chi connectivity index (χ3n) is 4.60. The SMILES string of the molecule is Cc1ccc(C)c(-c2cc3c(c[n+]2C)Cc2cnccc2-3)c1. The predicted octanol–water partition coefficient (Wildman–Crippen LogP) is 3.76. The van der Waals surface area contributed by atoms with Crippen molar-refractivity contribution in [1.29, 1.82) is 0 Å². The van der Waals surface area contributed by atoms with Gasteiger partial charge in [0.2, 0.25) is 5.69 Å². The molecule has 108 valence electrons. The quantitative estimate of drug-likeness (QED) is 0.487. The molecule has 0 fully saturated rings. The summed E-state index contributed by atoms with van der Waals surface area (Å²) in [7, 11) is 2.14. The third kappa shape index (κ3) is 1.95. The van der Waals surface area contributed by atoms with Crippen LogP contribution >= 0.6 is 0 Å². The van der Waals surface area contributed by atoms with Crippen LogP contribution in [0, 0.1) is 13.8 Å². The lowest BCUT2D eigenvalue weighted by molar-refractivity contribution is -0.660. The van der Waals surface area contributed by atoms with E-state index >= 15 is 0 Å². The van der Waals surface area contributed by atoms with Crippen molar-refractivity contribution in [2.75, 3.05) is 0 Å². The van der Waals surface area contributed by atoms with Crippen molar-refractivity contribution in [3.8, 4) is 22.4 Å². The number of rotatable bonds is 1. The summed E-state index contributed by atoms with van der Waals surface area (Å²) in [4.78, 5) is 4.26. The summed E-state index contributed by atoms with van der Waals surface area (Å²) in [5.41, 5.74) is 10.6. The molecule has 0 saturated heterocycles.